The van der Waals surface area contributed by atoms with Gasteiger partial charge in [-0.3, -0.25) is 9.59 Å². The number of anilines is 1. The molecule has 33 heavy (non-hydrogen) atoms. The fourth-order valence-electron chi connectivity index (χ4n) is 4.31. The van der Waals surface area contributed by atoms with Gasteiger partial charge in [0.25, 0.3) is 11.5 Å². The van der Waals surface area contributed by atoms with Crippen LogP contribution in [0.2, 0.25) is 0 Å². The summed E-state index contributed by atoms with van der Waals surface area (Å²) in [5, 5.41) is 7.39. The normalized spacial score (nSPS) is 14.2. The van der Waals surface area contributed by atoms with Crippen molar-refractivity contribution in [1.29, 1.82) is 0 Å². The fraction of sp³-hybridized carbons (Fsp3) is 0.320. The van der Waals surface area contributed by atoms with Crippen molar-refractivity contribution < 1.29 is 9.53 Å². The van der Waals surface area contributed by atoms with Crippen LogP contribution in [0.3, 0.4) is 0 Å². The molecule has 1 amide bonds. The molecule has 3 heterocycles. The number of aryl methyl sites for hydroxylation is 1. The molecule has 0 unspecified atom stereocenters. The molecule has 0 spiro atoms. The van der Waals surface area contributed by atoms with Crippen molar-refractivity contribution in [2.75, 3.05) is 31.2 Å². The third kappa shape index (κ3) is 4.09. The Morgan fingerprint density at radius 1 is 1.03 bits per heavy atom. The van der Waals surface area contributed by atoms with Crippen LogP contribution in [0, 0.1) is 0 Å². The van der Waals surface area contributed by atoms with Crippen molar-refractivity contribution in [3.05, 3.63) is 76.2 Å². The number of morpholine rings is 1. The molecule has 5 rings (SSSR count). The maximum Gasteiger partial charge on any atom is 0.277 e. The second-order valence-electron chi connectivity index (χ2n) is 8.22. The van der Waals surface area contributed by atoms with Crippen LogP contribution in [-0.4, -0.2) is 46.4 Å². The Balaban J connectivity index is 1.36. The van der Waals surface area contributed by atoms with Crippen molar-refractivity contribution in [1.82, 2.24) is 19.5 Å². The molecule has 0 bridgehead atoms. The van der Waals surface area contributed by atoms with Crippen LogP contribution < -0.4 is 15.8 Å². The van der Waals surface area contributed by atoms with E-state index in [0.717, 1.165) is 55.0 Å². The average Bonchev–Trinajstić information content (AvgIpc) is 3.32. The fourth-order valence-corrected chi connectivity index (χ4v) is 4.31. The molecular weight excluding hydrogens is 418 g/mol. The second-order valence-corrected chi connectivity index (χ2v) is 8.22. The van der Waals surface area contributed by atoms with Crippen molar-refractivity contribution in [2.24, 2.45) is 0 Å². The van der Waals surface area contributed by atoms with E-state index in [1.165, 1.54) is 0 Å². The number of carbonyl (C=O) groups is 1. The van der Waals surface area contributed by atoms with E-state index in [1.807, 2.05) is 43.3 Å². The summed E-state index contributed by atoms with van der Waals surface area (Å²) in [6.07, 6.45) is 0.839. The van der Waals surface area contributed by atoms with Gasteiger partial charge in [-0.25, -0.2) is 4.52 Å². The Hall–Kier alpha value is -3.65. The molecule has 1 N–H and O–H groups in total. The summed E-state index contributed by atoms with van der Waals surface area (Å²) < 4.78 is 8.74. The summed E-state index contributed by atoms with van der Waals surface area (Å²) in [4.78, 5) is 28.2. The summed E-state index contributed by atoms with van der Waals surface area (Å²) in [6.45, 7) is 6.30. The lowest BCUT2D eigenvalue weighted by Crippen LogP contribution is -2.36. The quantitative estimate of drug-likeness (QED) is 0.494. The second kappa shape index (κ2) is 9.07. The van der Waals surface area contributed by atoms with E-state index in [-0.39, 0.29) is 17.2 Å². The van der Waals surface area contributed by atoms with Gasteiger partial charge in [0, 0.05) is 37.9 Å². The maximum atomic E-state index is 13.1. The van der Waals surface area contributed by atoms with E-state index in [4.69, 9.17) is 4.74 Å². The van der Waals surface area contributed by atoms with Gasteiger partial charge in [0.05, 0.1) is 24.2 Å². The van der Waals surface area contributed by atoms with Gasteiger partial charge in [0.2, 0.25) is 0 Å². The predicted octanol–water partition coefficient (Wildman–Crippen LogP) is 2.83. The first-order chi connectivity index (χ1) is 16.2. The zero-order chi connectivity index (χ0) is 22.8. The Kier molecular flexibility index (Phi) is 5.83. The highest BCUT2D eigenvalue weighted by molar-refractivity contribution is 5.94. The van der Waals surface area contributed by atoms with Crippen molar-refractivity contribution >= 4 is 28.1 Å². The number of carbonyl (C=O) groups excluding carboxylic acids is 1. The SMILES string of the molecule is CCCn1c(=O)c2cc(C(=O)NCc3ccc(N4CCOCC4)cc3)nn2c2ccccc21. The van der Waals surface area contributed by atoms with Crippen molar-refractivity contribution in [2.45, 2.75) is 26.4 Å². The molecule has 170 valence electrons. The summed E-state index contributed by atoms with van der Waals surface area (Å²) in [7, 11) is 0. The number of amides is 1. The van der Waals surface area contributed by atoms with Crippen LogP contribution in [0.1, 0.15) is 29.4 Å². The Bertz CT molecular complexity index is 1350. The Labute approximate surface area is 191 Å². The topological polar surface area (TPSA) is 80.9 Å². The smallest absolute Gasteiger partial charge is 0.277 e. The molecule has 2 aromatic heterocycles. The number of nitrogens with zero attached hydrogens (tertiary/aromatic N) is 4. The Morgan fingerprint density at radius 3 is 2.48 bits per heavy atom. The Morgan fingerprint density at radius 2 is 1.76 bits per heavy atom. The minimum absolute atomic E-state index is 0.138. The monoisotopic (exact) mass is 445 g/mol. The lowest BCUT2D eigenvalue weighted by atomic mass is 10.2. The number of nitrogens with one attached hydrogen (secondary N) is 1. The number of ether oxygens (including phenoxy) is 1. The van der Waals surface area contributed by atoms with Gasteiger partial charge in [-0.15, -0.1) is 0 Å². The first kappa shape index (κ1) is 21.2. The molecule has 1 fully saturated rings. The van der Waals surface area contributed by atoms with Crippen LogP contribution in [0.5, 0.6) is 0 Å². The molecule has 1 aliphatic heterocycles. The van der Waals surface area contributed by atoms with Gasteiger partial charge in [-0.05, 0) is 36.2 Å². The summed E-state index contributed by atoms with van der Waals surface area (Å²) in [5.41, 5.74) is 4.27. The highest BCUT2D eigenvalue weighted by atomic mass is 16.5. The van der Waals surface area contributed by atoms with E-state index >= 15 is 0 Å². The summed E-state index contributed by atoms with van der Waals surface area (Å²) in [6, 6.07) is 17.4. The highest BCUT2D eigenvalue weighted by Crippen LogP contribution is 2.18. The lowest BCUT2D eigenvalue weighted by Gasteiger charge is -2.28. The number of fused-ring (bicyclic) bond motifs is 3. The van der Waals surface area contributed by atoms with Crippen LogP contribution in [0.15, 0.2) is 59.4 Å². The molecule has 0 atom stereocenters. The highest BCUT2D eigenvalue weighted by Gasteiger charge is 2.17. The summed E-state index contributed by atoms with van der Waals surface area (Å²) in [5.74, 6) is -0.304. The number of para-hydroxylation sites is 2. The molecule has 0 radical (unpaired) electrons. The van der Waals surface area contributed by atoms with Crippen LogP contribution >= 0.6 is 0 Å². The zero-order valence-corrected chi connectivity index (χ0v) is 18.7. The average molecular weight is 446 g/mol. The van der Waals surface area contributed by atoms with Crippen LogP contribution in [-0.2, 0) is 17.8 Å². The van der Waals surface area contributed by atoms with Crippen LogP contribution in [0.25, 0.3) is 16.6 Å². The lowest BCUT2D eigenvalue weighted by molar-refractivity contribution is 0.0945. The molecular formula is C25H27N5O3. The third-order valence-corrected chi connectivity index (χ3v) is 6.02. The van der Waals surface area contributed by atoms with Crippen molar-refractivity contribution in [3.8, 4) is 0 Å². The molecule has 0 aliphatic carbocycles. The van der Waals surface area contributed by atoms with Gasteiger partial charge < -0.3 is 19.5 Å². The van der Waals surface area contributed by atoms with E-state index in [0.29, 0.717) is 18.6 Å². The van der Waals surface area contributed by atoms with E-state index in [2.05, 4.69) is 27.4 Å². The maximum absolute atomic E-state index is 13.1. The molecule has 0 saturated carbocycles. The van der Waals surface area contributed by atoms with E-state index in [9.17, 15) is 9.59 Å². The standard InChI is InChI=1S/C25H27N5O3/c1-2-11-29-21-5-3-4-6-22(21)30-23(25(29)32)16-20(27-30)24(31)26-17-18-7-9-19(10-8-18)28-12-14-33-15-13-28/h3-10,16H,2,11-15,17H2,1H3,(H,26,31). The zero-order valence-electron chi connectivity index (χ0n) is 18.7. The minimum Gasteiger partial charge on any atom is -0.378 e. The van der Waals surface area contributed by atoms with E-state index in [1.54, 1.807) is 15.1 Å². The number of aromatic nitrogens is 3. The van der Waals surface area contributed by atoms with Crippen LogP contribution in [0.4, 0.5) is 5.69 Å². The first-order valence-electron chi connectivity index (χ1n) is 11.4. The molecule has 1 aliphatic rings. The van der Waals surface area contributed by atoms with Gasteiger partial charge >= 0.3 is 0 Å². The van der Waals surface area contributed by atoms with Gasteiger partial charge in [0.1, 0.15) is 5.52 Å². The number of hydrogen-bond acceptors (Lipinski definition) is 5. The number of hydrogen-bond donors (Lipinski definition) is 1. The largest absolute Gasteiger partial charge is 0.378 e. The predicted molar refractivity (Wildman–Crippen MR) is 128 cm³/mol. The third-order valence-electron chi connectivity index (χ3n) is 6.02. The minimum atomic E-state index is -0.304. The molecule has 2 aromatic carbocycles. The van der Waals surface area contributed by atoms with Crippen molar-refractivity contribution in [3.63, 3.8) is 0 Å². The first-order valence-corrected chi connectivity index (χ1v) is 11.4. The molecule has 8 nitrogen and oxygen atoms in total. The molecule has 4 aromatic rings. The van der Waals surface area contributed by atoms with E-state index < -0.39 is 0 Å². The van der Waals surface area contributed by atoms with Gasteiger partial charge in [0.15, 0.2) is 5.69 Å². The molecule has 8 heteroatoms. The van der Waals surface area contributed by atoms with Gasteiger partial charge in [-0.2, -0.15) is 5.10 Å². The summed E-state index contributed by atoms with van der Waals surface area (Å²) >= 11 is 0. The molecule has 1 saturated heterocycles. The number of benzene rings is 2. The number of rotatable bonds is 6. The van der Waals surface area contributed by atoms with Gasteiger partial charge in [-0.1, -0.05) is 31.2 Å².